The molecule has 0 radical (unpaired) electrons. The van der Waals surface area contributed by atoms with Gasteiger partial charge in [-0.3, -0.25) is 9.59 Å². The summed E-state index contributed by atoms with van der Waals surface area (Å²) in [5, 5.41) is 1.14. The maximum atomic E-state index is 14.1. The third kappa shape index (κ3) is 3.47. The highest BCUT2D eigenvalue weighted by molar-refractivity contribution is 7.18. The highest BCUT2D eigenvalue weighted by Crippen LogP contribution is 2.35. The van der Waals surface area contributed by atoms with Crippen LogP contribution in [0.5, 0.6) is 0 Å². The molecule has 0 saturated carbocycles. The number of aromatic nitrogens is 1. The van der Waals surface area contributed by atoms with E-state index in [1.165, 1.54) is 15.7 Å². The van der Waals surface area contributed by atoms with Crippen molar-refractivity contribution in [1.29, 1.82) is 0 Å². The molecule has 2 amide bonds. The molecular formula is C23H22FN3O2S. The lowest BCUT2D eigenvalue weighted by Crippen LogP contribution is -2.42. The van der Waals surface area contributed by atoms with Gasteiger partial charge in [0.15, 0.2) is 0 Å². The van der Waals surface area contributed by atoms with Crippen LogP contribution in [0.15, 0.2) is 48.5 Å². The summed E-state index contributed by atoms with van der Waals surface area (Å²) in [6.07, 6.45) is 1.90. The second-order valence-electron chi connectivity index (χ2n) is 7.98. The number of hydrogen-bond acceptors (Lipinski definition) is 4. The molecule has 2 fully saturated rings. The monoisotopic (exact) mass is 423 g/mol. The molecule has 0 spiro atoms. The molecule has 5 rings (SSSR count). The molecule has 0 N–H and O–H groups in total. The molecular weight excluding hydrogens is 401 g/mol. The van der Waals surface area contributed by atoms with Gasteiger partial charge in [0.05, 0.1) is 26.8 Å². The Labute approximate surface area is 178 Å². The number of halogens is 1. The Bertz CT molecular complexity index is 1070. The maximum absolute atomic E-state index is 14.1. The number of carbonyl (C=O) groups excluding carboxylic acids is 2. The van der Waals surface area contributed by atoms with E-state index in [4.69, 9.17) is 4.98 Å². The van der Waals surface area contributed by atoms with Gasteiger partial charge in [-0.1, -0.05) is 24.3 Å². The number of anilines is 1. The highest BCUT2D eigenvalue weighted by atomic mass is 32.1. The van der Waals surface area contributed by atoms with Gasteiger partial charge in [-0.05, 0) is 37.1 Å². The summed E-state index contributed by atoms with van der Waals surface area (Å²) < 4.78 is 15.3. The Kier molecular flexibility index (Phi) is 4.98. The number of amides is 2. The Hall–Kier alpha value is -2.80. The third-order valence-electron chi connectivity index (χ3n) is 6.08. The van der Waals surface area contributed by atoms with Crippen molar-refractivity contribution in [1.82, 2.24) is 9.88 Å². The molecule has 5 nitrogen and oxygen atoms in total. The van der Waals surface area contributed by atoms with Gasteiger partial charge >= 0.3 is 0 Å². The van der Waals surface area contributed by atoms with Crippen LogP contribution in [0.25, 0.3) is 10.2 Å². The second-order valence-corrected chi connectivity index (χ2v) is 9.04. The van der Waals surface area contributed by atoms with E-state index in [1.54, 1.807) is 29.5 Å². The fraction of sp³-hybridized carbons (Fsp3) is 0.348. The number of para-hydroxylation sites is 2. The number of piperidine rings is 1. The van der Waals surface area contributed by atoms with E-state index in [2.05, 4.69) is 6.07 Å². The van der Waals surface area contributed by atoms with E-state index in [0.29, 0.717) is 19.0 Å². The number of thiazole rings is 1. The Morgan fingerprint density at radius 2 is 1.80 bits per heavy atom. The first-order valence-electron chi connectivity index (χ1n) is 10.3. The average molecular weight is 424 g/mol. The Morgan fingerprint density at radius 3 is 2.57 bits per heavy atom. The van der Waals surface area contributed by atoms with Crippen LogP contribution >= 0.6 is 11.3 Å². The van der Waals surface area contributed by atoms with Gasteiger partial charge in [0.2, 0.25) is 11.8 Å². The fourth-order valence-corrected chi connectivity index (χ4v) is 5.58. The third-order valence-corrected chi connectivity index (χ3v) is 7.28. The van der Waals surface area contributed by atoms with E-state index in [0.717, 1.165) is 23.4 Å². The topological polar surface area (TPSA) is 53.5 Å². The van der Waals surface area contributed by atoms with Crippen LogP contribution in [0, 0.1) is 11.7 Å². The number of rotatable bonds is 3. The normalized spacial score (nSPS) is 20.3. The lowest BCUT2D eigenvalue weighted by molar-refractivity contribution is -0.136. The summed E-state index contributed by atoms with van der Waals surface area (Å²) in [5.74, 6) is -0.661. The quantitative estimate of drug-likeness (QED) is 0.635. The van der Waals surface area contributed by atoms with Gasteiger partial charge in [-0.15, -0.1) is 11.3 Å². The molecule has 154 valence electrons. The minimum atomic E-state index is -0.435. The van der Waals surface area contributed by atoms with E-state index in [9.17, 15) is 14.0 Å². The van der Waals surface area contributed by atoms with Crippen LogP contribution in [-0.4, -0.2) is 41.3 Å². The van der Waals surface area contributed by atoms with Gasteiger partial charge in [-0.25, -0.2) is 9.37 Å². The summed E-state index contributed by atoms with van der Waals surface area (Å²) >= 11 is 1.74. The van der Waals surface area contributed by atoms with Crippen molar-refractivity contribution in [2.45, 2.75) is 25.2 Å². The predicted molar refractivity (Wildman–Crippen MR) is 115 cm³/mol. The first-order valence-corrected chi connectivity index (χ1v) is 11.1. The van der Waals surface area contributed by atoms with Crippen LogP contribution < -0.4 is 4.90 Å². The molecule has 2 aliphatic heterocycles. The van der Waals surface area contributed by atoms with Crippen molar-refractivity contribution in [3.63, 3.8) is 0 Å². The zero-order chi connectivity index (χ0) is 20.7. The molecule has 1 atom stereocenters. The van der Waals surface area contributed by atoms with Gasteiger partial charge < -0.3 is 9.80 Å². The van der Waals surface area contributed by atoms with E-state index >= 15 is 0 Å². The zero-order valence-electron chi connectivity index (χ0n) is 16.5. The second kappa shape index (κ2) is 7.80. The van der Waals surface area contributed by atoms with Crippen LogP contribution in [-0.2, 0) is 9.59 Å². The van der Waals surface area contributed by atoms with Crippen LogP contribution in [0.3, 0.4) is 0 Å². The molecule has 2 saturated heterocycles. The zero-order valence-corrected chi connectivity index (χ0v) is 17.3. The lowest BCUT2D eigenvalue weighted by atomic mass is 9.96. The van der Waals surface area contributed by atoms with Crippen LogP contribution in [0.2, 0.25) is 0 Å². The predicted octanol–water partition coefficient (Wildman–Crippen LogP) is 4.19. The molecule has 0 aliphatic carbocycles. The largest absolute Gasteiger partial charge is 0.342 e. The number of carbonyl (C=O) groups is 2. The minimum absolute atomic E-state index is 0.00457. The van der Waals surface area contributed by atoms with Gasteiger partial charge in [0.1, 0.15) is 5.82 Å². The lowest BCUT2D eigenvalue weighted by Gasteiger charge is -2.32. The molecule has 1 aromatic heterocycles. The maximum Gasteiger partial charge on any atom is 0.228 e. The summed E-state index contributed by atoms with van der Waals surface area (Å²) in [5.41, 5.74) is 1.29. The Balaban J connectivity index is 1.23. The number of hydrogen-bond donors (Lipinski definition) is 0. The van der Waals surface area contributed by atoms with Crippen molar-refractivity contribution < 1.29 is 14.0 Å². The number of nitrogens with zero attached hydrogens (tertiary/aromatic N) is 3. The molecule has 2 aromatic carbocycles. The van der Waals surface area contributed by atoms with Crippen molar-refractivity contribution >= 4 is 39.1 Å². The first kappa shape index (κ1) is 19.2. The molecule has 3 aromatic rings. The smallest absolute Gasteiger partial charge is 0.228 e. The van der Waals surface area contributed by atoms with Crippen LogP contribution in [0.4, 0.5) is 10.1 Å². The minimum Gasteiger partial charge on any atom is -0.342 e. The van der Waals surface area contributed by atoms with Crippen molar-refractivity contribution in [3.8, 4) is 0 Å². The number of likely N-dealkylation sites (tertiary alicyclic amines) is 1. The Morgan fingerprint density at radius 1 is 1.07 bits per heavy atom. The molecule has 0 unspecified atom stereocenters. The summed E-state index contributed by atoms with van der Waals surface area (Å²) in [7, 11) is 0. The van der Waals surface area contributed by atoms with Gasteiger partial charge in [-0.2, -0.15) is 0 Å². The van der Waals surface area contributed by atoms with E-state index < -0.39 is 11.7 Å². The van der Waals surface area contributed by atoms with Gasteiger partial charge in [0.25, 0.3) is 0 Å². The summed E-state index contributed by atoms with van der Waals surface area (Å²) in [4.78, 5) is 33.5. The molecule has 0 bridgehead atoms. The SMILES string of the molecule is O=C([C@@H]1CC(=O)N(c2ccccc2F)C1)N1CCC(c2nc3ccccc3s2)CC1. The standard InChI is InChI=1S/C23H22FN3O2S/c24-17-5-1-3-7-19(17)27-14-16(13-21(27)28)23(29)26-11-9-15(10-12-26)22-25-18-6-2-4-8-20(18)30-22/h1-8,15-16H,9-14H2/t16-/m1/s1. The van der Waals surface area contributed by atoms with Crippen molar-refractivity contribution in [2.24, 2.45) is 5.92 Å². The van der Waals surface area contributed by atoms with Crippen molar-refractivity contribution in [2.75, 3.05) is 24.5 Å². The fourth-order valence-electron chi connectivity index (χ4n) is 4.45. The average Bonchev–Trinajstić information content (AvgIpc) is 3.37. The summed E-state index contributed by atoms with van der Waals surface area (Å²) in [6, 6.07) is 14.4. The molecule has 7 heteroatoms. The van der Waals surface area contributed by atoms with Gasteiger partial charge in [0, 0.05) is 32.0 Å². The summed E-state index contributed by atoms with van der Waals surface area (Å²) in [6.45, 7) is 1.59. The molecule has 2 aliphatic rings. The van der Waals surface area contributed by atoms with E-state index in [-0.39, 0.29) is 30.5 Å². The van der Waals surface area contributed by atoms with E-state index in [1.807, 2.05) is 23.1 Å². The molecule has 30 heavy (non-hydrogen) atoms. The van der Waals surface area contributed by atoms with Crippen LogP contribution in [0.1, 0.15) is 30.2 Å². The van der Waals surface area contributed by atoms with Crippen molar-refractivity contribution in [3.05, 3.63) is 59.4 Å². The molecule has 3 heterocycles. The number of fused-ring (bicyclic) bond motifs is 1. The highest BCUT2D eigenvalue weighted by Gasteiger charge is 2.39. The number of benzene rings is 2. The first-order chi connectivity index (χ1) is 14.6.